The summed E-state index contributed by atoms with van der Waals surface area (Å²) in [6, 6.07) is 8.67. The summed E-state index contributed by atoms with van der Waals surface area (Å²) in [7, 11) is 2.07. The molecule has 1 atom stereocenters. The van der Waals surface area contributed by atoms with Gasteiger partial charge < -0.3 is 19.9 Å². The van der Waals surface area contributed by atoms with Crippen LogP contribution in [0.15, 0.2) is 30.3 Å². The predicted molar refractivity (Wildman–Crippen MR) is 97.4 cm³/mol. The second-order valence-corrected chi connectivity index (χ2v) is 6.87. The van der Waals surface area contributed by atoms with E-state index in [0.29, 0.717) is 12.3 Å². The number of hydrogen-bond donors (Lipinski definition) is 1. The van der Waals surface area contributed by atoms with Gasteiger partial charge in [0.2, 0.25) is 5.91 Å². The van der Waals surface area contributed by atoms with E-state index < -0.39 is 6.04 Å². The number of carbonyl (C=O) groups is 2. The third-order valence-corrected chi connectivity index (χ3v) is 4.39. The molecule has 0 aliphatic carbocycles. The maximum Gasteiger partial charge on any atom is 0.258 e. The van der Waals surface area contributed by atoms with Crippen molar-refractivity contribution in [3.05, 3.63) is 30.3 Å². The van der Waals surface area contributed by atoms with Crippen LogP contribution in [-0.4, -0.2) is 67.5 Å². The van der Waals surface area contributed by atoms with Crippen molar-refractivity contribution in [3.8, 4) is 5.75 Å². The lowest BCUT2D eigenvalue weighted by molar-refractivity contribution is -0.138. The van der Waals surface area contributed by atoms with Gasteiger partial charge in [0.05, 0.1) is 0 Å². The fourth-order valence-corrected chi connectivity index (χ4v) is 2.86. The Morgan fingerprint density at radius 1 is 1.12 bits per heavy atom. The molecule has 138 valence electrons. The van der Waals surface area contributed by atoms with Gasteiger partial charge in [0, 0.05) is 19.6 Å². The largest absolute Gasteiger partial charge is 0.484 e. The molecular weight excluding hydrogens is 318 g/mol. The summed E-state index contributed by atoms with van der Waals surface area (Å²) in [6.07, 6.45) is 0.956. The zero-order valence-corrected chi connectivity index (χ0v) is 15.4. The van der Waals surface area contributed by atoms with Gasteiger partial charge in [-0.05, 0) is 38.1 Å². The molecule has 6 heteroatoms. The molecule has 1 aliphatic rings. The molecular formula is C19H29N3O3. The number of benzene rings is 1. The quantitative estimate of drug-likeness (QED) is 0.844. The maximum absolute atomic E-state index is 12.9. The van der Waals surface area contributed by atoms with E-state index in [1.54, 1.807) is 12.1 Å². The standard InChI is InChI=1S/C19H29N3O3/c1-15(2)18(19(24)22-11-7-10-21(3)12-13-22)20-17(23)14-25-16-8-5-4-6-9-16/h4-6,8-9,15,18H,7,10-14H2,1-3H3,(H,20,23). The number of ether oxygens (including phenoxy) is 1. The molecule has 1 aliphatic heterocycles. The van der Waals surface area contributed by atoms with Crippen LogP contribution in [0.4, 0.5) is 0 Å². The van der Waals surface area contributed by atoms with Gasteiger partial charge in [-0.2, -0.15) is 0 Å². The zero-order valence-electron chi connectivity index (χ0n) is 15.4. The third kappa shape index (κ3) is 6.05. The van der Waals surface area contributed by atoms with Crippen LogP contribution in [0.5, 0.6) is 5.75 Å². The average Bonchev–Trinajstić information content (AvgIpc) is 2.82. The normalized spacial score (nSPS) is 17.0. The van der Waals surface area contributed by atoms with E-state index >= 15 is 0 Å². The van der Waals surface area contributed by atoms with E-state index in [4.69, 9.17) is 4.74 Å². The topological polar surface area (TPSA) is 61.9 Å². The first-order chi connectivity index (χ1) is 12.0. The highest BCUT2D eigenvalue weighted by molar-refractivity contribution is 5.88. The lowest BCUT2D eigenvalue weighted by Gasteiger charge is -2.29. The molecule has 0 spiro atoms. The molecule has 1 aromatic carbocycles. The van der Waals surface area contributed by atoms with Gasteiger partial charge in [-0.15, -0.1) is 0 Å². The first kappa shape index (κ1) is 19.2. The summed E-state index contributed by atoms with van der Waals surface area (Å²) in [5, 5.41) is 2.85. The molecule has 0 saturated carbocycles. The van der Waals surface area contributed by atoms with Crippen LogP contribution in [0.1, 0.15) is 20.3 Å². The van der Waals surface area contributed by atoms with Crippen LogP contribution in [0.2, 0.25) is 0 Å². The highest BCUT2D eigenvalue weighted by Crippen LogP contribution is 2.11. The van der Waals surface area contributed by atoms with Crippen molar-refractivity contribution in [1.82, 2.24) is 15.1 Å². The summed E-state index contributed by atoms with van der Waals surface area (Å²) in [5.41, 5.74) is 0. The Hall–Kier alpha value is -2.08. The van der Waals surface area contributed by atoms with E-state index in [9.17, 15) is 9.59 Å². The first-order valence-electron chi connectivity index (χ1n) is 8.92. The summed E-state index contributed by atoms with van der Waals surface area (Å²) in [5.74, 6) is 0.385. The van der Waals surface area contributed by atoms with Gasteiger partial charge in [-0.3, -0.25) is 9.59 Å². The Balaban J connectivity index is 1.90. The van der Waals surface area contributed by atoms with Crippen molar-refractivity contribution in [2.75, 3.05) is 39.8 Å². The van der Waals surface area contributed by atoms with Gasteiger partial charge >= 0.3 is 0 Å². The lowest BCUT2D eigenvalue weighted by atomic mass is 10.0. The number of nitrogens with zero attached hydrogens (tertiary/aromatic N) is 2. The Morgan fingerprint density at radius 3 is 2.52 bits per heavy atom. The Bertz CT molecular complexity index is 562. The van der Waals surface area contributed by atoms with Crippen molar-refractivity contribution in [2.45, 2.75) is 26.3 Å². The smallest absolute Gasteiger partial charge is 0.258 e. The van der Waals surface area contributed by atoms with Crippen LogP contribution in [0, 0.1) is 5.92 Å². The highest BCUT2D eigenvalue weighted by atomic mass is 16.5. The van der Waals surface area contributed by atoms with Gasteiger partial charge in [-0.25, -0.2) is 0 Å². The molecule has 1 saturated heterocycles. The molecule has 1 aromatic rings. The lowest BCUT2D eigenvalue weighted by Crippen LogP contribution is -2.52. The number of hydrogen-bond acceptors (Lipinski definition) is 4. The first-order valence-corrected chi connectivity index (χ1v) is 8.92. The third-order valence-electron chi connectivity index (χ3n) is 4.39. The minimum Gasteiger partial charge on any atom is -0.484 e. The Morgan fingerprint density at radius 2 is 1.84 bits per heavy atom. The van der Waals surface area contributed by atoms with Crippen molar-refractivity contribution in [1.29, 1.82) is 0 Å². The van der Waals surface area contributed by atoms with Crippen molar-refractivity contribution in [2.24, 2.45) is 5.92 Å². The number of para-hydroxylation sites is 1. The summed E-state index contributed by atoms with van der Waals surface area (Å²) in [6.45, 7) is 7.10. The molecule has 1 heterocycles. The molecule has 2 rings (SSSR count). The minimum absolute atomic E-state index is 0.00152. The Kier molecular flexibility index (Phi) is 7.25. The van der Waals surface area contributed by atoms with Gasteiger partial charge in [-0.1, -0.05) is 32.0 Å². The predicted octanol–water partition coefficient (Wildman–Crippen LogP) is 1.37. The van der Waals surface area contributed by atoms with Gasteiger partial charge in [0.15, 0.2) is 6.61 Å². The van der Waals surface area contributed by atoms with E-state index in [1.165, 1.54) is 0 Å². The SMILES string of the molecule is CC(C)C(NC(=O)COc1ccccc1)C(=O)N1CCCN(C)CC1. The average molecular weight is 347 g/mol. The number of nitrogens with one attached hydrogen (secondary N) is 1. The number of amides is 2. The second-order valence-electron chi connectivity index (χ2n) is 6.87. The van der Waals surface area contributed by atoms with Crippen molar-refractivity contribution < 1.29 is 14.3 Å². The number of rotatable bonds is 6. The van der Waals surface area contributed by atoms with Crippen LogP contribution in [0.3, 0.4) is 0 Å². The summed E-state index contributed by atoms with van der Waals surface area (Å²) >= 11 is 0. The van der Waals surface area contributed by atoms with E-state index in [1.807, 2.05) is 36.9 Å². The van der Waals surface area contributed by atoms with Crippen LogP contribution in [0.25, 0.3) is 0 Å². The molecule has 0 bridgehead atoms. The minimum atomic E-state index is -0.518. The highest BCUT2D eigenvalue weighted by Gasteiger charge is 2.29. The second kappa shape index (κ2) is 9.42. The molecule has 0 radical (unpaired) electrons. The van der Waals surface area contributed by atoms with Crippen molar-refractivity contribution >= 4 is 11.8 Å². The van der Waals surface area contributed by atoms with E-state index in [0.717, 1.165) is 26.1 Å². The summed E-state index contributed by atoms with van der Waals surface area (Å²) < 4.78 is 5.46. The molecule has 0 aromatic heterocycles. The van der Waals surface area contributed by atoms with Crippen molar-refractivity contribution in [3.63, 3.8) is 0 Å². The monoisotopic (exact) mass is 347 g/mol. The molecule has 1 unspecified atom stereocenters. The van der Waals surface area contributed by atoms with E-state index in [-0.39, 0.29) is 24.3 Å². The maximum atomic E-state index is 12.9. The number of likely N-dealkylation sites (N-methyl/N-ethyl adjacent to an activating group) is 1. The van der Waals surface area contributed by atoms with Gasteiger partial charge in [0.25, 0.3) is 5.91 Å². The van der Waals surface area contributed by atoms with E-state index in [2.05, 4.69) is 17.3 Å². The molecule has 25 heavy (non-hydrogen) atoms. The Labute approximate surface area is 150 Å². The molecule has 1 N–H and O–H groups in total. The number of carbonyl (C=O) groups excluding carboxylic acids is 2. The summed E-state index contributed by atoms with van der Waals surface area (Å²) in [4.78, 5) is 29.2. The fraction of sp³-hybridized carbons (Fsp3) is 0.579. The molecule has 2 amide bonds. The zero-order chi connectivity index (χ0) is 18.2. The van der Waals surface area contributed by atoms with Crippen LogP contribution in [-0.2, 0) is 9.59 Å². The van der Waals surface area contributed by atoms with Crippen LogP contribution >= 0.6 is 0 Å². The fourth-order valence-electron chi connectivity index (χ4n) is 2.86. The van der Waals surface area contributed by atoms with Crippen LogP contribution < -0.4 is 10.1 Å². The van der Waals surface area contributed by atoms with Gasteiger partial charge in [0.1, 0.15) is 11.8 Å². The molecule has 6 nitrogen and oxygen atoms in total. The molecule has 1 fully saturated rings.